The number of hydrogen-bond acceptors (Lipinski definition) is 7. The number of para-hydroxylation sites is 1. The van der Waals surface area contributed by atoms with E-state index in [1.807, 2.05) is 42.5 Å². The zero-order valence-electron chi connectivity index (χ0n) is 13.5. The topological polar surface area (TPSA) is 52.1 Å². The first-order valence-corrected chi connectivity index (χ1v) is 10.5. The third-order valence-electron chi connectivity index (χ3n) is 3.14. The summed E-state index contributed by atoms with van der Waals surface area (Å²) in [5.74, 6) is 2.87. The van der Waals surface area contributed by atoms with E-state index in [9.17, 15) is 4.79 Å². The second-order valence-corrected chi connectivity index (χ2v) is 8.63. The van der Waals surface area contributed by atoms with E-state index in [0.29, 0.717) is 17.1 Å². The number of carbonyl (C=O) groups is 1. The maximum Gasteiger partial charge on any atom is 0.175 e. The maximum absolute atomic E-state index is 12.3. The van der Waals surface area contributed by atoms with Crippen LogP contribution >= 0.6 is 34.9 Å². The highest BCUT2D eigenvalue weighted by atomic mass is 32.2. The van der Waals surface area contributed by atoms with Crippen molar-refractivity contribution >= 4 is 40.6 Å². The van der Waals surface area contributed by atoms with Crippen LogP contribution in [0.25, 0.3) is 0 Å². The van der Waals surface area contributed by atoms with Gasteiger partial charge in [-0.05, 0) is 42.2 Å². The number of Topliss-reactive ketones (excluding diaryl/α,β-unsaturated/α-hetero) is 1. The molecule has 3 rings (SSSR count). The highest BCUT2D eigenvalue weighted by Gasteiger charge is 2.10. The normalized spacial score (nSPS) is 10.6. The first-order chi connectivity index (χ1) is 12.2. The summed E-state index contributed by atoms with van der Waals surface area (Å²) < 4.78 is 7.50. The standard InChI is InChI=1S/C18H16N2O2S3/c1-2-23-17-19-20-18(25-17)24-12-16(21)13-8-10-15(11-9-13)22-14-6-4-3-5-7-14/h3-11H,2,12H2,1H3. The van der Waals surface area contributed by atoms with Gasteiger partial charge in [-0.25, -0.2) is 0 Å². The van der Waals surface area contributed by atoms with Gasteiger partial charge in [0.05, 0.1) is 5.75 Å². The van der Waals surface area contributed by atoms with Gasteiger partial charge in [0.25, 0.3) is 0 Å². The third kappa shape index (κ3) is 5.32. The van der Waals surface area contributed by atoms with Crippen molar-refractivity contribution in [2.75, 3.05) is 11.5 Å². The molecule has 4 nitrogen and oxygen atoms in total. The minimum Gasteiger partial charge on any atom is -0.457 e. The minimum atomic E-state index is 0.0659. The summed E-state index contributed by atoms with van der Waals surface area (Å²) in [5.41, 5.74) is 0.667. The van der Waals surface area contributed by atoms with Crippen LogP contribution in [0.1, 0.15) is 17.3 Å². The number of benzene rings is 2. The molecule has 0 amide bonds. The molecule has 0 saturated carbocycles. The van der Waals surface area contributed by atoms with Crippen molar-refractivity contribution in [3.05, 3.63) is 60.2 Å². The molecule has 2 aromatic carbocycles. The molecule has 0 aliphatic carbocycles. The molecule has 0 aliphatic rings. The zero-order valence-corrected chi connectivity index (χ0v) is 16.0. The number of thioether (sulfide) groups is 2. The van der Waals surface area contributed by atoms with Crippen molar-refractivity contribution in [2.45, 2.75) is 15.6 Å². The van der Waals surface area contributed by atoms with E-state index >= 15 is 0 Å². The molecule has 0 fully saturated rings. The lowest BCUT2D eigenvalue weighted by molar-refractivity contribution is 0.102. The summed E-state index contributed by atoms with van der Waals surface area (Å²) in [5, 5.41) is 8.19. The molecule has 1 heterocycles. The fourth-order valence-electron chi connectivity index (χ4n) is 1.98. The predicted molar refractivity (Wildman–Crippen MR) is 104 cm³/mol. The van der Waals surface area contributed by atoms with Crippen LogP contribution in [0.2, 0.25) is 0 Å². The third-order valence-corrected chi connectivity index (χ3v) is 6.21. The second-order valence-electron chi connectivity index (χ2n) is 4.92. The van der Waals surface area contributed by atoms with E-state index in [-0.39, 0.29) is 5.78 Å². The summed E-state index contributed by atoms with van der Waals surface area (Å²) in [6.07, 6.45) is 0. The van der Waals surface area contributed by atoms with E-state index < -0.39 is 0 Å². The lowest BCUT2D eigenvalue weighted by Gasteiger charge is -2.06. The Hall–Kier alpha value is -1.83. The summed E-state index contributed by atoms with van der Waals surface area (Å²) in [4.78, 5) is 12.3. The minimum absolute atomic E-state index is 0.0659. The Labute approximate surface area is 159 Å². The fourth-order valence-corrected chi connectivity index (χ4v) is 4.79. The fraction of sp³-hybridized carbons (Fsp3) is 0.167. The van der Waals surface area contributed by atoms with E-state index in [4.69, 9.17) is 4.74 Å². The van der Waals surface area contributed by atoms with Crippen molar-refractivity contribution in [2.24, 2.45) is 0 Å². The van der Waals surface area contributed by atoms with E-state index in [2.05, 4.69) is 17.1 Å². The molecule has 1 aromatic heterocycles. The van der Waals surface area contributed by atoms with Crippen LogP contribution in [-0.4, -0.2) is 27.5 Å². The molecule has 3 aromatic rings. The number of hydrogen-bond donors (Lipinski definition) is 0. The lowest BCUT2D eigenvalue weighted by Crippen LogP contribution is -2.02. The van der Waals surface area contributed by atoms with Crippen LogP contribution in [0.3, 0.4) is 0 Å². The highest BCUT2D eigenvalue weighted by Crippen LogP contribution is 2.29. The Balaban J connectivity index is 1.55. The molecule has 0 spiro atoms. The second kappa shape index (κ2) is 9.03. The molecular weight excluding hydrogens is 372 g/mol. The van der Waals surface area contributed by atoms with Crippen molar-refractivity contribution in [3.63, 3.8) is 0 Å². The number of aromatic nitrogens is 2. The van der Waals surface area contributed by atoms with Crippen LogP contribution in [0, 0.1) is 0 Å². The van der Waals surface area contributed by atoms with Crippen LogP contribution in [-0.2, 0) is 0 Å². The molecule has 0 saturated heterocycles. The van der Waals surface area contributed by atoms with Crippen molar-refractivity contribution in [3.8, 4) is 11.5 Å². The molecule has 0 aliphatic heterocycles. The number of ketones is 1. The quantitative estimate of drug-likeness (QED) is 0.379. The SMILES string of the molecule is CCSc1nnc(SCC(=O)c2ccc(Oc3ccccc3)cc2)s1. The van der Waals surface area contributed by atoms with Crippen LogP contribution in [0.4, 0.5) is 0 Å². The smallest absolute Gasteiger partial charge is 0.175 e. The largest absolute Gasteiger partial charge is 0.457 e. The highest BCUT2D eigenvalue weighted by molar-refractivity contribution is 8.03. The molecule has 0 bridgehead atoms. The Morgan fingerprint density at radius 2 is 1.60 bits per heavy atom. The van der Waals surface area contributed by atoms with E-state index in [0.717, 1.165) is 20.2 Å². The number of nitrogens with zero attached hydrogens (tertiary/aromatic N) is 2. The lowest BCUT2D eigenvalue weighted by atomic mass is 10.1. The van der Waals surface area contributed by atoms with Gasteiger partial charge in [0.1, 0.15) is 11.5 Å². The first-order valence-electron chi connectivity index (χ1n) is 7.70. The Kier molecular flexibility index (Phi) is 6.49. The average molecular weight is 389 g/mol. The van der Waals surface area contributed by atoms with Crippen LogP contribution in [0.5, 0.6) is 11.5 Å². The van der Waals surface area contributed by atoms with Gasteiger partial charge in [-0.1, -0.05) is 60.0 Å². The monoisotopic (exact) mass is 388 g/mol. The average Bonchev–Trinajstić information content (AvgIpc) is 3.09. The first kappa shape index (κ1) is 18.0. The number of rotatable bonds is 8. The molecule has 7 heteroatoms. The molecule has 0 atom stereocenters. The molecule has 25 heavy (non-hydrogen) atoms. The Bertz CT molecular complexity index is 820. The number of carbonyl (C=O) groups excluding carboxylic acids is 1. The number of ether oxygens (including phenoxy) is 1. The summed E-state index contributed by atoms with van der Waals surface area (Å²) >= 11 is 4.62. The van der Waals surface area contributed by atoms with Crippen molar-refractivity contribution in [1.82, 2.24) is 10.2 Å². The van der Waals surface area contributed by atoms with Crippen LogP contribution in [0.15, 0.2) is 63.3 Å². The van der Waals surface area contributed by atoms with Crippen molar-refractivity contribution in [1.29, 1.82) is 0 Å². The van der Waals surface area contributed by atoms with Crippen molar-refractivity contribution < 1.29 is 9.53 Å². The van der Waals surface area contributed by atoms with Gasteiger partial charge >= 0.3 is 0 Å². The molecule has 0 N–H and O–H groups in total. The predicted octanol–water partition coefficient (Wildman–Crippen LogP) is 5.42. The van der Waals surface area contributed by atoms with Gasteiger partial charge < -0.3 is 4.74 Å². The summed E-state index contributed by atoms with van der Waals surface area (Å²) in [6.45, 7) is 2.08. The molecule has 0 unspecified atom stereocenters. The van der Waals surface area contributed by atoms with Gasteiger partial charge in [0.2, 0.25) is 0 Å². The maximum atomic E-state index is 12.3. The summed E-state index contributed by atoms with van der Waals surface area (Å²) in [6, 6.07) is 16.8. The molecule has 0 radical (unpaired) electrons. The van der Waals surface area contributed by atoms with E-state index in [1.54, 1.807) is 23.9 Å². The Morgan fingerprint density at radius 1 is 0.960 bits per heavy atom. The van der Waals surface area contributed by atoms with Gasteiger partial charge in [-0.15, -0.1) is 10.2 Å². The van der Waals surface area contributed by atoms with E-state index in [1.165, 1.54) is 23.1 Å². The van der Waals surface area contributed by atoms with Gasteiger partial charge in [0, 0.05) is 5.56 Å². The van der Waals surface area contributed by atoms with Gasteiger partial charge in [0.15, 0.2) is 14.5 Å². The molecular formula is C18H16N2O2S3. The van der Waals surface area contributed by atoms with Gasteiger partial charge in [-0.3, -0.25) is 4.79 Å². The Morgan fingerprint density at radius 3 is 2.28 bits per heavy atom. The zero-order chi connectivity index (χ0) is 17.5. The van der Waals surface area contributed by atoms with Gasteiger partial charge in [-0.2, -0.15) is 0 Å². The van der Waals surface area contributed by atoms with Crippen LogP contribution < -0.4 is 4.74 Å². The summed E-state index contributed by atoms with van der Waals surface area (Å²) in [7, 11) is 0. The molecule has 128 valence electrons.